The summed E-state index contributed by atoms with van der Waals surface area (Å²) >= 11 is 0. The highest BCUT2D eigenvalue weighted by molar-refractivity contribution is 6.24. The Labute approximate surface area is 270 Å². The van der Waals surface area contributed by atoms with Crippen molar-refractivity contribution in [2.75, 3.05) is 0 Å². The average molecular weight is 611 g/mol. The Hall–Kier alpha value is -3.08. The quantitative estimate of drug-likeness (QED) is 0.306. The first-order chi connectivity index (χ1) is 21.5. The first-order valence-electron chi connectivity index (χ1n) is 17.8. The van der Waals surface area contributed by atoms with Gasteiger partial charge in [-0.25, -0.2) is 0 Å². The van der Waals surface area contributed by atoms with E-state index in [0.29, 0.717) is 17.9 Å². The summed E-state index contributed by atoms with van der Waals surface area (Å²) in [5.74, 6) is 1.85. The van der Waals surface area contributed by atoms with Crippen LogP contribution in [0.5, 0.6) is 0 Å². The number of carbonyl (C=O) groups is 2. The lowest BCUT2D eigenvalue weighted by Crippen LogP contribution is -2.47. The van der Waals surface area contributed by atoms with E-state index in [1.54, 1.807) is 0 Å². The highest BCUT2D eigenvalue weighted by atomic mass is 16.3. The molecule has 4 saturated carbocycles. The van der Waals surface area contributed by atoms with Crippen molar-refractivity contribution < 1.29 is 14.7 Å². The number of aliphatic hydroxyl groups excluding tert-OH is 1. The van der Waals surface area contributed by atoms with Crippen LogP contribution in [-0.2, 0) is 16.0 Å². The van der Waals surface area contributed by atoms with Crippen molar-refractivity contribution in [1.29, 1.82) is 0 Å². The van der Waals surface area contributed by atoms with Gasteiger partial charge in [0.25, 0.3) is 5.91 Å². The Morgan fingerprint density at radius 1 is 0.778 bits per heavy atom. The van der Waals surface area contributed by atoms with Crippen LogP contribution in [0.1, 0.15) is 153 Å². The summed E-state index contributed by atoms with van der Waals surface area (Å²) in [6.07, 6.45) is 16.8. The van der Waals surface area contributed by atoms with E-state index in [2.05, 4.69) is 69.5 Å². The monoisotopic (exact) mass is 610 g/mol. The first-order valence-corrected chi connectivity index (χ1v) is 17.8. The molecule has 242 valence electrons. The molecule has 1 aliphatic heterocycles. The molecule has 0 saturated heterocycles. The van der Waals surface area contributed by atoms with Gasteiger partial charge in [0.05, 0.1) is 17.5 Å². The Bertz CT molecular complexity index is 1450. The molecule has 1 spiro atoms. The van der Waals surface area contributed by atoms with Crippen LogP contribution in [0.3, 0.4) is 0 Å². The maximum atomic E-state index is 12.7. The number of rotatable bonds is 6. The number of hydrogen-bond acceptors (Lipinski definition) is 3. The van der Waals surface area contributed by atoms with E-state index in [0.717, 1.165) is 61.1 Å². The molecule has 2 aromatic rings. The van der Waals surface area contributed by atoms with E-state index in [1.807, 2.05) is 0 Å². The van der Waals surface area contributed by atoms with E-state index in [1.165, 1.54) is 79.2 Å². The molecule has 4 aliphatic carbocycles. The van der Waals surface area contributed by atoms with Crippen molar-refractivity contribution in [2.24, 2.45) is 0 Å². The van der Waals surface area contributed by atoms with Crippen molar-refractivity contribution in [3.8, 4) is 0 Å². The van der Waals surface area contributed by atoms with Crippen LogP contribution in [0, 0.1) is 27.7 Å². The highest BCUT2D eigenvalue weighted by Crippen LogP contribution is 2.45. The number of aryl methyl sites for hydroxylation is 4. The molecule has 0 bridgehead atoms. The molecule has 5 nitrogen and oxygen atoms in total. The fourth-order valence-corrected chi connectivity index (χ4v) is 8.44. The zero-order valence-electron chi connectivity index (χ0n) is 28.3. The van der Waals surface area contributed by atoms with Crippen molar-refractivity contribution in [3.05, 3.63) is 74.5 Å². The molecule has 2 amide bonds. The number of nitrogens with one attached hydrogen (secondary N) is 2. The van der Waals surface area contributed by atoms with Crippen LogP contribution in [-0.4, -0.2) is 28.0 Å². The van der Waals surface area contributed by atoms with Crippen LogP contribution in [0.4, 0.5) is 0 Å². The van der Waals surface area contributed by atoms with Crippen LogP contribution in [0.2, 0.25) is 0 Å². The Balaban J connectivity index is 0.000000159. The smallest absolute Gasteiger partial charge is 0.256 e. The van der Waals surface area contributed by atoms with Crippen molar-refractivity contribution in [2.45, 2.75) is 154 Å². The van der Waals surface area contributed by atoms with Gasteiger partial charge >= 0.3 is 0 Å². The van der Waals surface area contributed by atoms with Gasteiger partial charge in [-0.05, 0) is 142 Å². The van der Waals surface area contributed by atoms with Crippen LogP contribution >= 0.6 is 0 Å². The van der Waals surface area contributed by atoms with Crippen LogP contribution in [0.25, 0.3) is 5.57 Å². The second kappa shape index (κ2) is 12.6. The second-order valence-corrected chi connectivity index (χ2v) is 15.4. The van der Waals surface area contributed by atoms with E-state index >= 15 is 0 Å². The molecule has 0 radical (unpaired) electrons. The summed E-state index contributed by atoms with van der Waals surface area (Å²) in [7, 11) is 0. The molecule has 0 aromatic heterocycles. The maximum Gasteiger partial charge on any atom is 0.256 e. The lowest BCUT2D eigenvalue weighted by Gasteiger charge is -2.34. The van der Waals surface area contributed by atoms with E-state index in [-0.39, 0.29) is 23.1 Å². The first kappa shape index (κ1) is 31.9. The molecule has 0 atom stereocenters. The number of amides is 2. The SMILES string of the molecule is Cc1cc(C2CC2)cc(C)c1C1=C(O)C2(CCCCC2)NC1=O.Cc1cc(C2CC2)cc(C)c1CC(=O)NC1(C)CCCCC1. The molecule has 45 heavy (non-hydrogen) atoms. The molecule has 0 unspecified atom stereocenters. The van der Waals surface area contributed by atoms with Crippen molar-refractivity contribution in [3.63, 3.8) is 0 Å². The number of hydrogen-bond donors (Lipinski definition) is 3. The predicted molar refractivity (Wildman–Crippen MR) is 183 cm³/mol. The van der Waals surface area contributed by atoms with E-state index in [9.17, 15) is 14.7 Å². The van der Waals surface area contributed by atoms with Crippen molar-refractivity contribution >= 4 is 17.4 Å². The zero-order chi connectivity index (χ0) is 31.9. The van der Waals surface area contributed by atoms with Crippen molar-refractivity contribution in [1.82, 2.24) is 10.6 Å². The van der Waals surface area contributed by atoms with E-state index < -0.39 is 5.54 Å². The lowest BCUT2D eigenvalue weighted by atomic mass is 9.80. The minimum Gasteiger partial charge on any atom is -0.509 e. The largest absolute Gasteiger partial charge is 0.509 e. The van der Waals surface area contributed by atoms with Gasteiger partial charge in [0.1, 0.15) is 5.76 Å². The highest BCUT2D eigenvalue weighted by Gasteiger charge is 2.47. The number of benzene rings is 2. The average Bonchev–Trinajstić information content (AvgIpc) is 3.91. The zero-order valence-corrected chi connectivity index (χ0v) is 28.3. The molecule has 3 N–H and O–H groups in total. The van der Waals surface area contributed by atoms with Crippen LogP contribution < -0.4 is 10.6 Å². The van der Waals surface area contributed by atoms with Gasteiger partial charge in [0.15, 0.2) is 0 Å². The topological polar surface area (TPSA) is 78.4 Å². The van der Waals surface area contributed by atoms with Gasteiger partial charge in [-0.2, -0.15) is 0 Å². The second-order valence-electron chi connectivity index (χ2n) is 15.4. The molecular formula is C40H54N2O3. The van der Waals surface area contributed by atoms with Gasteiger partial charge in [0.2, 0.25) is 5.91 Å². The molecule has 4 fully saturated rings. The standard InChI is InChI=1S/C20H25NO2.C20H29NO/c1-12-10-15(14-6-7-14)11-13(2)16(12)17-18(22)20(21-19(17)23)8-4-3-5-9-20;1-14-11-17(16-7-8-16)12-15(2)18(14)13-19(22)21-20(3)9-5-4-6-10-20/h10-11,14,22H,3-9H2,1-2H3,(H,21,23);11-12,16H,4-10,13H2,1-3H3,(H,21,22). The number of aliphatic hydroxyl groups is 1. The minimum atomic E-state index is -0.501. The lowest BCUT2D eigenvalue weighted by molar-refractivity contribution is -0.122. The Morgan fingerprint density at radius 2 is 1.24 bits per heavy atom. The predicted octanol–water partition coefficient (Wildman–Crippen LogP) is 8.84. The summed E-state index contributed by atoms with van der Waals surface area (Å²) in [4.78, 5) is 25.2. The van der Waals surface area contributed by atoms with Gasteiger partial charge in [-0.15, -0.1) is 0 Å². The molecule has 1 heterocycles. The summed E-state index contributed by atoms with van der Waals surface area (Å²) in [5.41, 5.74) is 9.83. The fraction of sp³-hybridized carbons (Fsp3) is 0.600. The minimum absolute atomic E-state index is 0.0189. The molecule has 5 heteroatoms. The van der Waals surface area contributed by atoms with E-state index in [4.69, 9.17) is 0 Å². The van der Waals surface area contributed by atoms with Gasteiger partial charge in [0, 0.05) is 5.54 Å². The Kier molecular flexibility index (Phi) is 8.93. The van der Waals surface area contributed by atoms with Gasteiger partial charge < -0.3 is 15.7 Å². The third kappa shape index (κ3) is 6.88. The molecule has 5 aliphatic rings. The Morgan fingerprint density at radius 3 is 1.73 bits per heavy atom. The van der Waals surface area contributed by atoms with Gasteiger partial charge in [-0.1, -0.05) is 62.8 Å². The number of carbonyl (C=O) groups excluding carboxylic acids is 2. The van der Waals surface area contributed by atoms with Gasteiger partial charge in [-0.3, -0.25) is 9.59 Å². The normalized spacial score (nSPS) is 22.1. The molecular weight excluding hydrogens is 556 g/mol. The summed E-state index contributed by atoms with van der Waals surface area (Å²) in [6, 6.07) is 9.02. The molecule has 7 rings (SSSR count). The molecule has 2 aromatic carbocycles. The fourth-order valence-electron chi connectivity index (χ4n) is 8.44. The maximum absolute atomic E-state index is 12.7. The summed E-state index contributed by atoms with van der Waals surface area (Å²) < 4.78 is 0. The summed E-state index contributed by atoms with van der Waals surface area (Å²) in [5, 5.41) is 17.3. The third-order valence-corrected chi connectivity index (χ3v) is 11.3. The van der Waals surface area contributed by atoms with Crippen LogP contribution in [0.15, 0.2) is 30.0 Å². The third-order valence-electron chi connectivity index (χ3n) is 11.3. The summed E-state index contributed by atoms with van der Waals surface area (Å²) in [6.45, 7) is 10.6.